The summed E-state index contributed by atoms with van der Waals surface area (Å²) in [5.74, 6) is -0.434. The zero-order valence-corrected chi connectivity index (χ0v) is 19.9. The van der Waals surface area contributed by atoms with Crippen LogP contribution in [0.15, 0.2) is 46.9 Å². The largest absolute Gasteiger partial charge is 0.379 e. The Balaban J connectivity index is 1.33. The van der Waals surface area contributed by atoms with Crippen molar-refractivity contribution in [3.05, 3.63) is 58.0 Å². The van der Waals surface area contributed by atoms with Crippen molar-refractivity contribution in [1.82, 2.24) is 14.8 Å². The molecule has 2 aliphatic heterocycles. The van der Waals surface area contributed by atoms with Crippen LogP contribution >= 0.6 is 11.3 Å². The highest BCUT2D eigenvalue weighted by Crippen LogP contribution is 2.35. The van der Waals surface area contributed by atoms with Gasteiger partial charge >= 0.3 is 0 Å². The lowest BCUT2D eigenvalue weighted by Gasteiger charge is -2.31. The maximum absolute atomic E-state index is 13.5. The molecule has 180 valence electrons. The molecule has 9 heteroatoms. The highest BCUT2D eigenvalue weighted by atomic mass is 32.1. The van der Waals surface area contributed by atoms with Crippen molar-refractivity contribution in [1.29, 1.82) is 0 Å². The van der Waals surface area contributed by atoms with Crippen LogP contribution in [0.5, 0.6) is 0 Å². The van der Waals surface area contributed by atoms with Gasteiger partial charge in [0.05, 0.1) is 29.8 Å². The molecular weight excluding hydrogens is 455 g/mol. The number of hydrogen-bond acceptors (Lipinski definition) is 6. The summed E-state index contributed by atoms with van der Waals surface area (Å²) in [6.45, 7) is 4.31. The van der Waals surface area contributed by atoms with Crippen molar-refractivity contribution in [3.8, 4) is 0 Å². The molecule has 3 aliphatic rings. The van der Waals surface area contributed by atoms with Crippen molar-refractivity contribution in [2.45, 2.75) is 25.3 Å². The minimum absolute atomic E-state index is 0.00140. The molecule has 1 aromatic carbocycles. The van der Waals surface area contributed by atoms with Crippen LogP contribution in [0.2, 0.25) is 0 Å². The molecule has 0 unspecified atom stereocenters. The van der Waals surface area contributed by atoms with E-state index in [0.717, 1.165) is 48.6 Å². The summed E-state index contributed by atoms with van der Waals surface area (Å²) < 4.78 is 19.0. The standard InChI is InChI=1S/C25H29FN4O3S/c26-20-7-5-18(6-8-20)22-16-21(23-2-1-15-34-23)27-30(22)24(31)17-29(25(32)19-3-4-19)10-9-28-11-13-33-14-12-28/h1-2,5-8,15,19,22H,3-4,9-14,16-17H2/t22-/m1/s1. The zero-order valence-electron chi connectivity index (χ0n) is 19.1. The number of hydrazone groups is 1. The van der Waals surface area contributed by atoms with Gasteiger partial charge in [-0.15, -0.1) is 11.3 Å². The highest BCUT2D eigenvalue weighted by molar-refractivity contribution is 7.12. The molecule has 1 atom stereocenters. The van der Waals surface area contributed by atoms with E-state index in [2.05, 4.69) is 10.0 Å². The van der Waals surface area contributed by atoms with Crippen molar-refractivity contribution in [3.63, 3.8) is 0 Å². The number of carbonyl (C=O) groups is 2. The van der Waals surface area contributed by atoms with Gasteiger partial charge in [0.15, 0.2) is 0 Å². The first-order chi connectivity index (χ1) is 16.6. The summed E-state index contributed by atoms with van der Waals surface area (Å²) in [5, 5.41) is 8.17. The maximum Gasteiger partial charge on any atom is 0.262 e. The summed E-state index contributed by atoms with van der Waals surface area (Å²) in [6.07, 6.45) is 2.34. The number of amides is 2. The lowest BCUT2D eigenvalue weighted by molar-refractivity contribution is -0.142. The Labute approximate surface area is 202 Å². The van der Waals surface area contributed by atoms with Gasteiger partial charge in [-0.05, 0) is 42.0 Å². The molecule has 34 heavy (non-hydrogen) atoms. The fraction of sp³-hybridized carbons (Fsp3) is 0.480. The van der Waals surface area contributed by atoms with E-state index >= 15 is 0 Å². The molecule has 0 N–H and O–H groups in total. The number of rotatable bonds is 8. The number of nitrogens with zero attached hydrogens (tertiary/aromatic N) is 4. The average molecular weight is 485 g/mol. The second-order valence-electron chi connectivity index (χ2n) is 9.02. The van der Waals surface area contributed by atoms with Gasteiger partial charge in [0.1, 0.15) is 12.4 Å². The minimum atomic E-state index is -0.317. The first-order valence-corrected chi connectivity index (χ1v) is 12.7. The van der Waals surface area contributed by atoms with Crippen LogP contribution < -0.4 is 0 Å². The summed E-state index contributed by atoms with van der Waals surface area (Å²) in [4.78, 5) is 31.5. The third kappa shape index (κ3) is 5.37. The average Bonchev–Trinajstić information content (AvgIpc) is 3.37. The molecule has 3 heterocycles. The molecule has 0 bridgehead atoms. The van der Waals surface area contributed by atoms with Crippen LogP contribution in [0.1, 0.15) is 35.7 Å². The Morgan fingerprint density at radius 3 is 2.59 bits per heavy atom. The van der Waals surface area contributed by atoms with E-state index in [0.29, 0.717) is 26.2 Å². The SMILES string of the molecule is O=C(C1CC1)N(CCN1CCOCC1)CC(=O)N1N=C(c2cccs2)C[C@@H]1c1ccc(F)cc1. The summed E-state index contributed by atoms with van der Waals surface area (Å²) in [6, 6.07) is 9.87. The lowest BCUT2D eigenvalue weighted by Crippen LogP contribution is -2.47. The van der Waals surface area contributed by atoms with E-state index in [1.165, 1.54) is 17.1 Å². The highest BCUT2D eigenvalue weighted by Gasteiger charge is 2.38. The minimum Gasteiger partial charge on any atom is -0.379 e. The molecule has 0 radical (unpaired) electrons. The number of benzene rings is 1. The van der Waals surface area contributed by atoms with Gasteiger partial charge in [-0.2, -0.15) is 5.10 Å². The number of hydrogen-bond donors (Lipinski definition) is 0. The maximum atomic E-state index is 13.5. The van der Waals surface area contributed by atoms with Crippen LogP contribution in [0.3, 0.4) is 0 Å². The Bertz CT molecular complexity index is 1030. The van der Waals surface area contributed by atoms with Gasteiger partial charge in [-0.25, -0.2) is 9.40 Å². The fourth-order valence-electron chi connectivity index (χ4n) is 4.45. The van der Waals surface area contributed by atoms with Crippen molar-refractivity contribution >= 4 is 28.9 Å². The van der Waals surface area contributed by atoms with Crippen LogP contribution in [-0.4, -0.2) is 78.3 Å². The molecule has 1 aromatic heterocycles. The van der Waals surface area contributed by atoms with Crippen LogP contribution in [0, 0.1) is 11.7 Å². The first kappa shape index (κ1) is 23.1. The van der Waals surface area contributed by atoms with E-state index in [4.69, 9.17) is 4.74 Å². The molecule has 1 saturated heterocycles. The summed E-state index contributed by atoms with van der Waals surface area (Å²) >= 11 is 1.58. The quantitative estimate of drug-likeness (QED) is 0.578. The predicted molar refractivity (Wildman–Crippen MR) is 128 cm³/mol. The van der Waals surface area contributed by atoms with E-state index in [9.17, 15) is 14.0 Å². The van der Waals surface area contributed by atoms with Gasteiger partial charge < -0.3 is 9.64 Å². The van der Waals surface area contributed by atoms with Crippen molar-refractivity contribution < 1.29 is 18.7 Å². The van der Waals surface area contributed by atoms with Crippen molar-refractivity contribution in [2.24, 2.45) is 11.0 Å². The molecule has 0 spiro atoms. The third-order valence-corrected chi connectivity index (χ3v) is 7.50. The second kappa shape index (κ2) is 10.3. The smallest absolute Gasteiger partial charge is 0.262 e. The Morgan fingerprint density at radius 1 is 1.15 bits per heavy atom. The molecule has 2 aromatic rings. The normalized spacial score (nSPS) is 20.9. The van der Waals surface area contributed by atoms with E-state index in [1.54, 1.807) is 28.4 Å². The number of ether oxygens (including phenoxy) is 1. The van der Waals surface area contributed by atoms with Gasteiger partial charge in [0.25, 0.3) is 5.91 Å². The molecule has 1 aliphatic carbocycles. The van der Waals surface area contributed by atoms with Gasteiger partial charge in [0.2, 0.25) is 5.91 Å². The van der Waals surface area contributed by atoms with Crippen molar-refractivity contribution in [2.75, 3.05) is 45.9 Å². The monoisotopic (exact) mass is 484 g/mol. The molecule has 1 saturated carbocycles. The fourth-order valence-corrected chi connectivity index (χ4v) is 5.18. The lowest BCUT2D eigenvalue weighted by atomic mass is 10.0. The number of halogens is 1. The molecular formula is C25H29FN4O3S. The molecule has 2 amide bonds. The Morgan fingerprint density at radius 2 is 1.91 bits per heavy atom. The van der Waals surface area contributed by atoms with Gasteiger partial charge in [-0.1, -0.05) is 18.2 Å². The third-order valence-electron chi connectivity index (χ3n) is 6.58. The van der Waals surface area contributed by atoms with Crippen LogP contribution in [-0.2, 0) is 14.3 Å². The van der Waals surface area contributed by atoms with Crippen LogP contribution in [0.25, 0.3) is 0 Å². The topological polar surface area (TPSA) is 65.5 Å². The molecule has 2 fully saturated rings. The molecule has 7 nitrogen and oxygen atoms in total. The summed E-state index contributed by atoms with van der Waals surface area (Å²) in [7, 11) is 0. The molecule has 5 rings (SSSR count). The first-order valence-electron chi connectivity index (χ1n) is 11.9. The van der Waals surface area contributed by atoms with Crippen LogP contribution in [0.4, 0.5) is 4.39 Å². The Kier molecular flexibility index (Phi) is 7.03. The van der Waals surface area contributed by atoms with Gasteiger partial charge in [-0.3, -0.25) is 14.5 Å². The van der Waals surface area contributed by atoms with E-state index in [-0.39, 0.29) is 36.1 Å². The number of morpholine rings is 1. The number of thiophene rings is 1. The second-order valence-corrected chi connectivity index (χ2v) is 9.97. The van der Waals surface area contributed by atoms with Gasteiger partial charge in [0, 0.05) is 38.5 Å². The zero-order chi connectivity index (χ0) is 23.5. The number of carbonyl (C=O) groups excluding carboxylic acids is 2. The van der Waals surface area contributed by atoms with E-state index in [1.807, 2.05) is 17.5 Å². The summed E-state index contributed by atoms with van der Waals surface area (Å²) in [5.41, 5.74) is 1.67. The predicted octanol–water partition coefficient (Wildman–Crippen LogP) is 3.14. The Hall–Kier alpha value is -2.62. The van der Waals surface area contributed by atoms with E-state index < -0.39 is 0 Å².